The van der Waals surface area contributed by atoms with Gasteiger partial charge in [-0.25, -0.2) is 0 Å². The molecule has 0 amide bonds. The van der Waals surface area contributed by atoms with Gasteiger partial charge in [-0.15, -0.1) is 0 Å². The molecule has 2 rings (SSSR count). The summed E-state index contributed by atoms with van der Waals surface area (Å²) in [6.45, 7) is 2.28. The maximum absolute atomic E-state index is 10.6. The fourth-order valence-corrected chi connectivity index (χ4v) is 3.57. The fourth-order valence-electron chi connectivity index (χ4n) is 3.57. The van der Waals surface area contributed by atoms with Crippen LogP contribution in [-0.4, -0.2) is 16.7 Å². The van der Waals surface area contributed by atoms with Gasteiger partial charge in [-0.05, 0) is 43.9 Å². The second-order valence-electron chi connectivity index (χ2n) is 5.73. The molecular formula is C13H25NO. The number of rotatable bonds is 2. The van der Waals surface area contributed by atoms with Crippen LogP contribution in [0.5, 0.6) is 0 Å². The number of hydrogen-bond acceptors (Lipinski definition) is 2. The van der Waals surface area contributed by atoms with Crippen LogP contribution >= 0.6 is 0 Å². The molecule has 2 saturated carbocycles. The molecule has 0 aliphatic heterocycles. The number of nitrogens with two attached hydrogens (primary N) is 1. The van der Waals surface area contributed by atoms with E-state index in [-0.39, 0.29) is 6.04 Å². The van der Waals surface area contributed by atoms with Crippen molar-refractivity contribution in [1.82, 2.24) is 0 Å². The van der Waals surface area contributed by atoms with Crippen LogP contribution in [-0.2, 0) is 0 Å². The lowest BCUT2D eigenvalue weighted by Crippen LogP contribution is -2.38. The normalized spacial score (nSPS) is 47.0. The Balaban J connectivity index is 1.90. The molecule has 2 aliphatic rings. The molecule has 2 atom stereocenters. The molecule has 2 nitrogen and oxygen atoms in total. The van der Waals surface area contributed by atoms with Crippen molar-refractivity contribution in [2.24, 2.45) is 17.6 Å². The van der Waals surface area contributed by atoms with E-state index in [0.29, 0.717) is 5.92 Å². The second-order valence-corrected chi connectivity index (χ2v) is 5.73. The third kappa shape index (κ3) is 2.36. The first-order valence-corrected chi connectivity index (χ1v) is 6.62. The average molecular weight is 211 g/mol. The van der Waals surface area contributed by atoms with Crippen LogP contribution in [0.3, 0.4) is 0 Å². The van der Waals surface area contributed by atoms with Crippen LogP contribution in [0.25, 0.3) is 0 Å². The highest BCUT2D eigenvalue weighted by atomic mass is 16.3. The van der Waals surface area contributed by atoms with E-state index < -0.39 is 5.60 Å². The summed E-state index contributed by atoms with van der Waals surface area (Å²) < 4.78 is 0. The lowest BCUT2D eigenvalue weighted by molar-refractivity contribution is -0.0333. The van der Waals surface area contributed by atoms with Crippen LogP contribution in [0.1, 0.15) is 58.3 Å². The van der Waals surface area contributed by atoms with E-state index in [2.05, 4.69) is 6.92 Å². The van der Waals surface area contributed by atoms with E-state index in [9.17, 15) is 5.11 Å². The molecule has 0 aromatic heterocycles. The predicted molar refractivity (Wildman–Crippen MR) is 62.5 cm³/mol. The maximum atomic E-state index is 10.6. The molecule has 0 bridgehead atoms. The Morgan fingerprint density at radius 2 is 1.87 bits per heavy atom. The number of aliphatic hydroxyl groups is 1. The highest BCUT2D eigenvalue weighted by Gasteiger charge is 2.43. The molecule has 0 heterocycles. The standard InChI is InChI=1S/C13H25NO/c1-2-10-3-5-11(6-4-10)13(15)8-7-12(14)9-13/h10-12,15H,2-9,14H2,1H3. The Morgan fingerprint density at radius 3 is 2.33 bits per heavy atom. The highest BCUT2D eigenvalue weighted by Crippen LogP contribution is 2.43. The first-order valence-electron chi connectivity index (χ1n) is 6.62. The molecule has 88 valence electrons. The monoisotopic (exact) mass is 211 g/mol. The van der Waals surface area contributed by atoms with Crippen molar-refractivity contribution >= 4 is 0 Å². The molecule has 3 N–H and O–H groups in total. The van der Waals surface area contributed by atoms with Gasteiger partial charge < -0.3 is 10.8 Å². The Morgan fingerprint density at radius 1 is 1.20 bits per heavy atom. The molecular weight excluding hydrogens is 186 g/mol. The van der Waals surface area contributed by atoms with Crippen LogP contribution < -0.4 is 5.73 Å². The molecule has 0 aromatic rings. The van der Waals surface area contributed by atoms with E-state index in [1.807, 2.05) is 0 Å². The van der Waals surface area contributed by atoms with Gasteiger partial charge in [0.2, 0.25) is 0 Å². The van der Waals surface area contributed by atoms with Gasteiger partial charge in [0.05, 0.1) is 5.60 Å². The molecule has 15 heavy (non-hydrogen) atoms. The van der Waals surface area contributed by atoms with Gasteiger partial charge in [-0.3, -0.25) is 0 Å². The molecule has 0 spiro atoms. The van der Waals surface area contributed by atoms with E-state index in [1.54, 1.807) is 0 Å². The van der Waals surface area contributed by atoms with Crippen molar-refractivity contribution in [2.45, 2.75) is 69.9 Å². The van der Waals surface area contributed by atoms with Crippen LogP contribution in [0.2, 0.25) is 0 Å². The van der Waals surface area contributed by atoms with Crippen molar-refractivity contribution in [1.29, 1.82) is 0 Å². The van der Waals surface area contributed by atoms with E-state index in [0.717, 1.165) is 25.2 Å². The van der Waals surface area contributed by atoms with Gasteiger partial charge in [0.1, 0.15) is 0 Å². The summed E-state index contributed by atoms with van der Waals surface area (Å²) in [6, 6.07) is 0.249. The Labute approximate surface area is 93.2 Å². The lowest BCUT2D eigenvalue weighted by atomic mass is 9.72. The minimum absolute atomic E-state index is 0.249. The van der Waals surface area contributed by atoms with Gasteiger partial charge in [0, 0.05) is 6.04 Å². The first-order chi connectivity index (χ1) is 7.14. The summed E-state index contributed by atoms with van der Waals surface area (Å²) in [5.74, 6) is 1.45. The SMILES string of the molecule is CCC1CCC(C2(O)CCC(N)C2)CC1. The zero-order chi connectivity index (χ0) is 10.9. The maximum Gasteiger partial charge on any atom is 0.0691 e. The van der Waals surface area contributed by atoms with Gasteiger partial charge in [0.25, 0.3) is 0 Å². The summed E-state index contributed by atoms with van der Waals surface area (Å²) in [5.41, 5.74) is 5.51. The highest BCUT2D eigenvalue weighted by molar-refractivity contribution is 4.97. The molecule has 0 aromatic carbocycles. The van der Waals surface area contributed by atoms with Crippen molar-refractivity contribution in [3.63, 3.8) is 0 Å². The summed E-state index contributed by atoms with van der Waals surface area (Å²) in [7, 11) is 0. The zero-order valence-electron chi connectivity index (χ0n) is 9.91. The topological polar surface area (TPSA) is 46.2 Å². The molecule has 2 aliphatic carbocycles. The zero-order valence-corrected chi connectivity index (χ0v) is 9.91. The van der Waals surface area contributed by atoms with E-state index in [1.165, 1.54) is 32.1 Å². The quantitative estimate of drug-likeness (QED) is 0.737. The molecule has 0 radical (unpaired) electrons. The minimum Gasteiger partial charge on any atom is -0.390 e. The molecule has 2 unspecified atom stereocenters. The predicted octanol–water partition coefficient (Wildman–Crippen LogP) is 2.45. The summed E-state index contributed by atoms with van der Waals surface area (Å²) >= 11 is 0. The lowest BCUT2D eigenvalue weighted by Gasteiger charge is -2.38. The summed E-state index contributed by atoms with van der Waals surface area (Å²) in [5, 5.41) is 10.6. The van der Waals surface area contributed by atoms with Crippen LogP contribution in [0.4, 0.5) is 0 Å². The largest absolute Gasteiger partial charge is 0.390 e. The van der Waals surface area contributed by atoms with Crippen molar-refractivity contribution in [3.05, 3.63) is 0 Å². The van der Waals surface area contributed by atoms with Gasteiger partial charge in [-0.2, -0.15) is 0 Å². The Hall–Kier alpha value is -0.0800. The van der Waals surface area contributed by atoms with Crippen molar-refractivity contribution in [3.8, 4) is 0 Å². The van der Waals surface area contributed by atoms with E-state index in [4.69, 9.17) is 5.73 Å². The minimum atomic E-state index is -0.405. The average Bonchev–Trinajstić information content (AvgIpc) is 2.60. The van der Waals surface area contributed by atoms with Gasteiger partial charge >= 0.3 is 0 Å². The summed E-state index contributed by atoms with van der Waals surface area (Å²) in [6.07, 6.45) is 9.19. The van der Waals surface area contributed by atoms with Gasteiger partial charge in [-0.1, -0.05) is 26.2 Å². The Kier molecular flexibility index (Phi) is 3.36. The van der Waals surface area contributed by atoms with Crippen molar-refractivity contribution in [2.75, 3.05) is 0 Å². The third-order valence-corrected chi connectivity index (χ3v) is 4.75. The molecule has 2 heteroatoms. The first kappa shape index (κ1) is 11.4. The fraction of sp³-hybridized carbons (Fsp3) is 1.00. The second kappa shape index (κ2) is 4.42. The van der Waals surface area contributed by atoms with Crippen LogP contribution in [0, 0.1) is 11.8 Å². The number of hydrogen-bond donors (Lipinski definition) is 2. The Bertz CT molecular complexity index is 211. The molecule has 0 saturated heterocycles. The van der Waals surface area contributed by atoms with Crippen LogP contribution in [0.15, 0.2) is 0 Å². The molecule has 2 fully saturated rings. The van der Waals surface area contributed by atoms with E-state index >= 15 is 0 Å². The van der Waals surface area contributed by atoms with Gasteiger partial charge in [0.15, 0.2) is 0 Å². The third-order valence-electron chi connectivity index (χ3n) is 4.75. The van der Waals surface area contributed by atoms with Crippen molar-refractivity contribution < 1.29 is 5.11 Å². The smallest absolute Gasteiger partial charge is 0.0691 e. The summed E-state index contributed by atoms with van der Waals surface area (Å²) in [4.78, 5) is 0.